The van der Waals surface area contributed by atoms with E-state index in [1.54, 1.807) is 0 Å². The fraction of sp³-hybridized carbons (Fsp3) is 0.360. The molecule has 1 aromatic heterocycles. The Bertz CT molecular complexity index is 1020. The largest absolute Gasteiger partial charge is 0.346 e. The number of piperazine rings is 1. The van der Waals surface area contributed by atoms with Crippen molar-refractivity contribution in [3.8, 4) is 0 Å². The zero-order chi connectivity index (χ0) is 21.8. The second-order valence-electron chi connectivity index (χ2n) is 8.37. The van der Waals surface area contributed by atoms with Gasteiger partial charge < -0.3 is 10.2 Å². The quantitative estimate of drug-likeness (QED) is 0.605. The highest BCUT2D eigenvalue weighted by Crippen LogP contribution is 2.21. The molecule has 31 heavy (non-hydrogen) atoms. The molecule has 0 aliphatic carbocycles. The maximum absolute atomic E-state index is 5.76. The van der Waals surface area contributed by atoms with E-state index in [0.717, 1.165) is 61.5 Å². The van der Waals surface area contributed by atoms with Crippen LogP contribution in [0.4, 0.5) is 5.69 Å². The molecule has 4 rings (SSSR count). The summed E-state index contributed by atoms with van der Waals surface area (Å²) >= 11 is 5.76. The van der Waals surface area contributed by atoms with Gasteiger partial charge in [0.25, 0.3) is 0 Å². The molecule has 0 radical (unpaired) electrons. The highest BCUT2D eigenvalue weighted by molar-refractivity contribution is 7.80. The summed E-state index contributed by atoms with van der Waals surface area (Å²) in [5, 5.41) is 9.01. The van der Waals surface area contributed by atoms with Crippen molar-refractivity contribution >= 4 is 23.0 Å². The Morgan fingerprint density at radius 3 is 2.19 bits per heavy atom. The fourth-order valence-electron chi connectivity index (χ4n) is 4.03. The van der Waals surface area contributed by atoms with Crippen LogP contribution in [0.5, 0.6) is 0 Å². The normalized spacial score (nSPS) is 14.6. The molecule has 0 amide bonds. The molecule has 2 aromatic carbocycles. The van der Waals surface area contributed by atoms with Crippen LogP contribution in [0.25, 0.3) is 0 Å². The van der Waals surface area contributed by atoms with Crippen molar-refractivity contribution in [2.24, 2.45) is 0 Å². The number of rotatable bonds is 5. The minimum absolute atomic E-state index is 0.764. The predicted molar refractivity (Wildman–Crippen MR) is 131 cm³/mol. The summed E-state index contributed by atoms with van der Waals surface area (Å²) < 4.78 is 2.05. The van der Waals surface area contributed by atoms with E-state index in [1.807, 2.05) is 13.0 Å². The average Bonchev–Trinajstić information content (AvgIpc) is 3.04. The van der Waals surface area contributed by atoms with Crippen LogP contribution in [0.3, 0.4) is 0 Å². The molecule has 1 fully saturated rings. The minimum Gasteiger partial charge on any atom is -0.346 e. The number of hydrogen-bond acceptors (Lipinski definition) is 3. The first-order chi connectivity index (χ1) is 15.0. The second-order valence-corrected chi connectivity index (χ2v) is 8.75. The van der Waals surface area contributed by atoms with Gasteiger partial charge in [-0.25, -0.2) is 0 Å². The Morgan fingerprint density at radius 1 is 0.871 bits per heavy atom. The third kappa shape index (κ3) is 5.32. The van der Waals surface area contributed by atoms with Crippen molar-refractivity contribution in [3.05, 3.63) is 82.7 Å². The van der Waals surface area contributed by atoms with E-state index < -0.39 is 0 Å². The number of aryl methyl sites for hydroxylation is 2. The molecule has 0 atom stereocenters. The van der Waals surface area contributed by atoms with Gasteiger partial charge in [-0.1, -0.05) is 60.2 Å². The van der Waals surface area contributed by atoms with Gasteiger partial charge in [0.05, 0.1) is 23.6 Å². The molecule has 1 saturated heterocycles. The van der Waals surface area contributed by atoms with Crippen molar-refractivity contribution in [3.63, 3.8) is 0 Å². The Hall–Kier alpha value is -2.70. The van der Waals surface area contributed by atoms with Gasteiger partial charge in [0, 0.05) is 32.7 Å². The van der Waals surface area contributed by atoms with Crippen molar-refractivity contribution < 1.29 is 0 Å². The first-order valence-corrected chi connectivity index (χ1v) is 11.3. The average molecular weight is 434 g/mol. The van der Waals surface area contributed by atoms with Crippen LogP contribution >= 0.6 is 12.2 Å². The van der Waals surface area contributed by atoms with Gasteiger partial charge in [-0.2, -0.15) is 5.10 Å². The molecule has 0 unspecified atom stereocenters. The smallest absolute Gasteiger partial charge is 0.173 e. The molecule has 0 saturated carbocycles. The van der Waals surface area contributed by atoms with Crippen LogP contribution in [0.15, 0.2) is 54.6 Å². The molecular formula is C25H31N5S. The number of anilines is 1. The van der Waals surface area contributed by atoms with E-state index in [2.05, 4.69) is 82.2 Å². The molecular weight excluding hydrogens is 402 g/mol. The van der Waals surface area contributed by atoms with Crippen LogP contribution in [-0.4, -0.2) is 50.9 Å². The Kier molecular flexibility index (Phi) is 6.68. The van der Waals surface area contributed by atoms with Crippen molar-refractivity contribution in [1.29, 1.82) is 0 Å². The lowest BCUT2D eigenvalue weighted by molar-refractivity contribution is 0.177. The number of nitrogens with one attached hydrogen (secondary N) is 1. The highest BCUT2D eigenvalue weighted by Gasteiger charge is 2.21. The number of thiocarbonyl (C=S) groups is 1. The monoisotopic (exact) mass is 433 g/mol. The topological polar surface area (TPSA) is 36.3 Å². The van der Waals surface area contributed by atoms with E-state index >= 15 is 0 Å². The van der Waals surface area contributed by atoms with Gasteiger partial charge in [0.2, 0.25) is 0 Å². The van der Waals surface area contributed by atoms with Crippen LogP contribution in [0.1, 0.15) is 28.1 Å². The fourth-order valence-corrected chi connectivity index (χ4v) is 4.32. The van der Waals surface area contributed by atoms with E-state index in [9.17, 15) is 0 Å². The summed E-state index contributed by atoms with van der Waals surface area (Å²) in [4.78, 5) is 4.77. The summed E-state index contributed by atoms with van der Waals surface area (Å²) in [7, 11) is 0. The SMILES string of the molecule is Cc1ccc(CN2CCN(C(=S)Nc3c(C)nn(Cc4ccccc4)c3C)CC2)cc1. The standard InChI is InChI=1S/C25H31N5S/c1-19-9-11-23(12-10-19)17-28-13-15-29(16-14-28)25(31)26-24-20(2)27-30(21(24)3)18-22-7-5-4-6-8-22/h4-12H,13-18H2,1-3H3,(H,26,31). The zero-order valence-electron chi connectivity index (χ0n) is 18.6. The molecule has 0 bridgehead atoms. The third-order valence-corrected chi connectivity index (χ3v) is 6.34. The van der Waals surface area contributed by atoms with Crippen LogP contribution in [-0.2, 0) is 13.1 Å². The first-order valence-electron chi connectivity index (χ1n) is 10.9. The summed E-state index contributed by atoms with van der Waals surface area (Å²) in [6.07, 6.45) is 0. The molecule has 1 aliphatic heterocycles. The number of aromatic nitrogens is 2. The Morgan fingerprint density at radius 2 is 1.52 bits per heavy atom. The lowest BCUT2D eigenvalue weighted by Gasteiger charge is -2.36. The molecule has 2 heterocycles. The lowest BCUT2D eigenvalue weighted by Crippen LogP contribution is -2.49. The van der Waals surface area contributed by atoms with E-state index in [1.165, 1.54) is 16.7 Å². The van der Waals surface area contributed by atoms with Gasteiger partial charge in [0.1, 0.15) is 0 Å². The van der Waals surface area contributed by atoms with E-state index in [-0.39, 0.29) is 0 Å². The Labute approximate surface area is 190 Å². The maximum atomic E-state index is 5.76. The predicted octanol–water partition coefficient (Wildman–Crippen LogP) is 4.37. The van der Waals surface area contributed by atoms with Gasteiger partial charge in [-0.15, -0.1) is 0 Å². The molecule has 1 aliphatic rings. The lowest BCUT2D eigenvalue weighted by atomic mass is 10.1. The van der Waals surface area contributed by atoms with Crippen molar-refractivity contribution in [1.82, 2.24) is 19.6 Å². The molecule has 3 aromatic rings. The van der Waals surface area contributed by atoms with Gasteiger partial charge in [-0.3, -0.25) is 9.58 Å². The summed E-state index contributed by atoms with van der Waals surface area (Å²) in [5.41, 5.74) is 7.05. The summed E-state index contributed by atoms with van der Waals surface area (Å²) in [6, 6.07) is 19.3. The van der Waals surface area contributed by atoms with Crippen molar-refractivity contribution in [2.75, 3.05) is 31.5 Å². The van der Waals surface area contributed by atoms with E-state index in [4.69, 9.17) is 17.3 Å². The third-order valence-electron chi connectivity index (χ3n) is 5.97. The zero-order valence-corrected chi connectivity index (χ0v) is 19.5. The number of nitrogens with zero attached hydrogens (tertiary/aromatic N) is 4. The summed E-state index contributed by atoms with van der Waals surface area (Å²) in [6.45, 7) is 11.9. The molecule has 6 heteroatoms. The van der Waals surface area contributed by atoms with Gasteiger partial charge >= 0.3 is 0 Å². The molecule has 1 N–H and O–H groups in total. The molecule has 0 spiro atoms. The maximum Gasteiger partial charge on any atom is 0.173 e. The number of benzene rings is 2. The van der Waals surface area contributed by atoms with Crippen molar-refractivity contribution in [2.45, 2.75) is 33.9 Å². The molecule has 162 valence electrons. The van der Waals surface area contributed by atoms with Crippen LogP contribution in [0, 0.1) is 20.8 Å². The Balaban J connectivity index is 1.33. The highest BCUT2D eigenvalue weighted by atomic mass is 32.1. The summed E-state index contributed by atoms with van der Waals surface area (Å²) in [5.74, 6) is 0. The van der Waals surface area contributed by atoms with Gasteiger partial charge in [0.15, 0.2) is 5.11 Å². The van der Waals surface area contributed by atoms with Crippen LogP contribution < -0.4 is 5.32 Å². The van der Waals surface area contributed by atoms with Gasteiger partial charge in [-0.05, 0) is 44.1 Å². The molecule has 5 nitrogen and oxygen atoms in total. The van der Waals surface area contributed by atoms with Crippen LogP contribution in [0.2, 0.25) is 0 Å². The van der Waals surface area contributed by atoms with E-state index in [0.29, 0.717) is 0 Å². The number of hydrogen-bond donors (Lipinski definition) is 1. The first kappa shape index (κ1) is 21.5. The minimum atomic E-state index is 0.764. The second kappa shape index (κ2) is 9.62.